The average molecular weight is 384 g/mol. The van der Waals surface area contributed by atoms with Gasteiger partial charge >= 0.3 is 11.9 Å². The van der Waals surface area contributed by atoms with Crippen molar-refractivity contribution in [3.63, 3.8) is 0 Å². The van der Waals surface area contributed by atoms with Crippen molar-refractivity contribution in [2.75, 3.05) is 52.4 Å². The molecule has 0 aromatic heterocycles. The molecule has 150 valence electrons. The maximum absolute atomic E-state index is 12.0. The molecule has 0 aliphatic carbocycles. The summed E-state index contributed by atoms with van der Waals surface area (Å²) in [6.45, 7) is 4.01. The Labute approximate surface area is 156 Å². The smallest absolute Gasteiger partial charge is 0.414 e. The van der Waals surface area contributed by atoms with Gasteiger partial charge in [-0.2, -0.15) is 0 Å². The van der Waals surface area contributed by atoms with Gasteiger partial charge < -0.3 is 29.7 Å². The summed E-state index contributed by atoms with van der Waals surface area (Å²) in [6.07, 6.45) is 0.454. The molecular weight excluding hydrogens is 360 g/mol. The molecule has 1 heterocycles. The number of aliphatic carboxylic acids is 2. The molecule has 1 aromatic carbocycles. The van der Waals surface area contributed by atoms with Crippen molar-refractivity contribution in [1.82, 2.24) is 4.90 Å². The lowest BCUT2D eigenvalue weighted by Crippen LogP contribution is -2.38. The van der Waals surface area contributed by atoms with Crippen LogP contribution >= 0.6 is 0 Å². The molecule has 0 saturated carbocycles. The number of ether oxygens (including phenoxy) is 3. The molecule has 10 heteroatoms. The summed E-state index contributed by atoms with van der Waals surface area (Å²) < 4.78 is 15.7. The van der Waals surface area contributed by atoms with E-state index in [4.69, 9.17) is 34.0 Å². The van der Waals surface area contributed by atoms with E-state index in [0.717, 1.165) is 32.8 Å². The van der Waals surface area contributed by atoms with Gasteiger partial charge in [-0.15, -0.1) is 0 Å². The molecule has 0 spiro atoms. The second kappa shape index (κ2) is 11.7. The Balaban J connectivity index is 0.000000527. The maximum atomic E-state index is 12.0. The number of carbonyl (C=O) groups excluding carboxylic acids is 1. The van der Waals surface area contributed by atoms with Gasteiger partial charge in [0.1, 0.15) is 11.5 Å². The molecule has 0 unspecified atom stereocenters. The quantitative estimate of drug-likeness (QED) is 0.600. The lowest BCUT2D eigenvalue weighted by atomic mass is 10.2. The van der Waals surface area contributed by atoms with Gasteiger partial charge in [0, 0.05) is 32.1 Å². The molecule has 27 heavy (non-hydrogen) atoms. The van der Waals surface area contributed by atoms with E-state index in [1.54, 1.807) is 32.4 Å². The first-order valence-corrected chi connectivity index (χ1v) is 8.15. The van der Waals surface area contributed by atoms with Crippen molar-refractivity contribution >= 4 is 23.5 Å². The van der Waals surface area contributed by atoms with Gasteiger partial charge in [-0.05, 0) is 12.1 Å². The van der Waals surface area contributed by atoms with Crippen LogP contribution in [0.1, 0.15) is 6.42 Å². The van der Waals surface area contributed by atoms with Crippen LogP contribution < -0.4 is 14.8 Å². The van der Waals surface area contributed by atoms with Gasteiger partial charge in [-0.3, -0.25) is 9.69 Å². The Hall–Kier alpha value is -2.85. The largest absolute Gasteiger partial charge is 0.497 e. The number of carboxylic acids is 2. The van der Waals surface area contributed by atoms with E-state index in [1.807, 2.05) is 0 Å². The first kappa shape index (κ1) is 22.2. The Bertz CT molecular complexity index is 632. The van der Waals surface area contributed by atoms with Gasteiger partial charge in [-0.1, -0.05) is 0 Å². The minimum absolute atomic E-state index is 0.0232. The fourth-order valence-corrected chi connectivity index (χ4v) is 2.20. The minimum atomic E-state index is -1.82. The van der Waals surface area contributed by atoms with Crippen LogP contribution in [0.4, 0.5) is 5.69 Å². The molecule has 1 aromatic rings. The highest BCUT2D eigenvalue weighted by Gasteiger charge is 2.13. The average Bonchev–Trinajstić information content (AvgIpc) is 2.68. The number of carbonyl (C=O) groups is 3. The molecule has 1 saturated heterocycles. The predicted molar refractivity (Wildman–Crippen MR) is 95.3 cm³/mol. The van der Waals surface area contributed by atoms with Crippen LogP contribution in [0, 0.1) is 0 Å². The third-order valence-corrected chi connectivity index (χ3v) is 3.62. The Morgan fingerprint density at radius 1 is 1.11 bits per heavy atom. The van der Waals surface area contributed by atoms with E-state index in [1.165, 1.54) is 0 Å². The molecule has 1 fully saturated rings. The lowest BCUT2D eigenvalue weighted by Gasteiger charge is -2.26. The zero-order valence-corrected chi connectivity index (χ0v) is 15.3. The van der Waals surface area contributed by atoms with Gasteiger partial charge in [0.25, 0.3) is 0 Å². The maximum Gasteiger partial charge on any atom is 0.414 e. The van der Waals surface area contributed by atoms with E-state index in [2.05, 4.69) is 10.2 Å². The summed E-state index contributed by atoms with van der Waals surface area (Å²) in [4.78, 5) is 32.5. The van der Waals surface area contributed by atoms with Crippen molar-refractivity contribution in [3.8, 4) is 11.5 Å². The van der Waals surface area contributed by atoms with Crippen LogP contribution in [0.2, 0.25) is 0 Å². The number of nitrogens with one attached hydrogen (secondary N) is 1. The number of carboxylic acid groups (broad SMARTS) is 2. The Kier molecular flexibility index (Phi) is 9.62. The van der Waals surface area contributed by atoms with Crippen molar-refractivity contribution in [2.45, 2.75) is 6.42 Å². The standard InChI is InChI=1S/C15H22N2O4.C2H2O4/c1-19-12-3-4-13(14(11-12)20-2)16-15(18)5-6-17-7-9-21-10-8-17;3-1(4)2(5)6/h3-4,11H,5-10H2,1-2H3,(H,16,18);(H,3,4)(H,5,6). The summed E-state index contributed by atoms with van der Waals surface area (Å²) in [5.74, 6) is -2.39. The molecule has 0 radical (unpaired) electrons. The number of methoxy groups -OCH3 is 2. The predicted octanol–water partition coefficient (Wildman–Crippen LogP) is 0.520. The molecule has 1 aliphatic rings. The van der Waals surface area contributed by atoms with Gasteiger partial charge in [0.05, 0.1) is 33.1 Å². The van der Waals surface area contributed by atoms with Crippen molar-refractivity contribution < 1.29 is 38.8 Å². The van der Waals surface area contributed by atoms with Crippen LogP contribution in [0.25, 0.3) is 0 Å². The minimum Gasteiger partial charge on any atom is -0.497 e. The van der Waals surface area contributed by atoms with E-state index in [9.17, 15) is 4.79 Å². The van der Waals surface area contributed by atoms with Gasteiger partial charge in [-0.25, -0.2) is 9.59 Å². The summed E-state index contributed by atoms with van der Waals surface area (Å²) in [6, 6.07) is 5.32. The van der Waals surface area contributed by atoms with Crippen LogP contribution in [0.5, 0.6) is 11.5 Å². The highest BCUT2D eigenvalue weighted by Crippen LogP contribution is 2.29. The van der Waals surface area contributed by atoms with E-state index in [-0.39, 0.29) is 5.91 Å². The number of benzene rings is 1. The number of rotatable bonds is 6. The molecule has 3 N–H and O–H groups in total. The number of amides is 1. The first-order valence-electron chi connectivity index (χ1n) is 8.15. The number of nitrogens with zero attached hydrogens (tertiary/aromatic N) is 1. The molecular formula is C17H24N2O8. The van der Waals surface area contributed by atoms with E-state index in [0.29, 0.717) is 23.6 Å². The molecule has 10 nitrogen and oxygen atoms in total. The number of anilines is 1. The molecule has 1 amide bonds. The van der Waals surface area contributed by atoms with Gasteiger partial charge in [0.15, 0.2) is 0 Å². The summed E-state index contributed by atoms with van der Waals surface area (Å²) in [5.41, 5.74) is 0.658. The first-order chi connectivity index (χ1) is 12.9. The third-order valence-electron chi connectivity index (χ3n) is 3.62. The molecule has 1 aliphatic heterocycles. The van der Waals surface area contributed by atoms with Gasteiger partial charge in [0.2, 0.25) is 5.91 Å². The monoisotopic (exact) mass is 384 g/mol. The number of hydrogen-bond acceptors (Lipinski definition) is 7. The van der Waals surface area contributed by atoms with Crippen LogP contribution in [-0.4, -0.2) is 80.0 Å². The van der Waals surface area contributed by atoms with E-state index < -0.39 is 11.9 Å². The highest BCUT2D eigenvalue weighted by atomic mass is 16.5. The Morgan fingerprint density at radius 3 is 2.26 bits per heavy atom. The molecule has 2 rings (SSSR count). The summed E-state index contributed by atoms with van der Waals surface area (Å²) in [7, 11) is 3.16. The molecule has 0 bridgehead atoms. The fraction of sp³-hybridized carbons (Fsp3) is 0.471. The van der Waals surface area contributed by atoms with E-state index >= 15 is 0 Å². The SMILES string of the molecule is COc1ccc(NC(=O)CCN2CCOCC2)c(OC)c1.O=C(O)C(=O)O. The highest BCUT2D eigenvalue weighted by molar-refractivity contribution is 6.27. The summed E-state index contributed by atoms with van der Waals surface area (Å²) in [5, 5.41) is 17.7. The number of hydrogen-bond donors (Lipinski definition) is 3. The van der Waals surface area contributed by atoms with Crippen molar-refractivity contribution in [3.05, 3.63) is 18.2 Å². The Morgan fingerprint density at radius 2 is 1.74 bits per heavy atom. The van der Waals surface area contributed by atoms with Crippen molar-refractivity contribution in [1.29, 1.82) is 0 Å². The summed E-state index contributed by atoms with van der Waals surface area (Å²) >= 11 is 0. The topological polar surface area (TPSA) is 135 Å². The lowest BCUT2D eigenvalue weighted by molar-refractivity contribution is -0.159. The normalized spacial score (nSPS) is 13.7. The zero-order chi connectivity index (χ0) is 20.2. The van der Waals surface area contributed by atoms with Crippen LogP contribution in [0.3, 0.4) is 0 Å². The molecule has 0 atom stereocenters. The fourth-order valence-electron chi connectivity index (χ4n) is 2.20. The number of morpholine rings is 1. The second-order valence-corrected chi connectivity index (χ2v) is 5.43. The van der Waals surface area contributed by atoms with Crippen LogP contribution in [0.15, 0.2) is 18.2 Å². The zero-order valence-electron chi connectivity index (χ0n) is 15.3. The van der Waals surface area contributed by atoms with Crippen molar-refractivity contribution in [2.24, 2.45) is 0 Å². The second-order valence-electron chi connectivity index (χ2n) is 5.43. The third kappa shape index (κ3) is 8.38. The van der Waals surface area contributed by atoms with Crippen LogP contribution in [-0.2, 0) is 19.1 Å².